The number of benzene rings is 4. The highest BCUT2D eigenvalue weighted by Crippen LogP contribution is 2.32. The summed E-state index contributed by atoms with van der Waals surface area (Å²) in [5, 5.41) is 3.17. The van der Waals surface area contributed by atoms with Gasteiger partial charge < -0.3 is 19.7 Å². The van der Waals surface area contributed by atoms with Crippen LogP contribution in [0.25, 0.3) is 0 Å². The summed E-state index contributed by atoms with van der Waals surface area (Å²) in [6, 6.07) is 26.6. The first-order valence-corrected chi connectivity index (χ1v) is 17.4. The van der Waals surface area contributed by atoms with Gasteiger partial charge >= 0.3 is 0 Å². The van der Waals surface area contributed by atoms with Gasteiger partial charge in [-0.1, -0.05) is 85.6 Å². The number of sulfonamides is 1. The Balaban J connectivity index is 1.83. The number of rotatable bonds is 15. The summed E-state index contributed by atoms with van der Waals surface area (Å²) < 4.78 is 40.3. The monoisotopic (exact) mass is 691 g/mol. The Morgan fingerprint density at radius 2 is 1.54 bits per heavy atom. The third kappa shape index (κ3) is 9.29. The third-order valence-electron chi connectivity index (χ3n) is 7.75. The maximum atomic E-state index is 14.7. The maximum absolute atomic E-state index is 14.7. The summed E-state index contributed by atoms with van der Waals surface area (Å²) in [6.07, 6.45) is 0.208. The highest BCUT2D eigenvalue weighted by Gasteiger charge is 2.35. The fourth-order valence-corrected chi connectivity index (χ4v) is 6.78. The number of hydrogen-bond donors (Lipinski definition) is 1. The van der Waals surface area contributed by atoms with Crippen LogP contribution in [0.1, 0.15) is 30.5 Å². The number of anilines is 1. The van der Waals surface area contributed by atoms with Gasteiger partial charge in [-0.2, -0.15) is 0 Å². The van der Waals surface area contributed by atoms with Crippen LogP contribution in [0, 0.1) is 12.8 Å². The average molecular weight is 692 g/mol. The van der Waals surface area contributed by atoms with E-state index in [9.17, 15) is 18.0 Å². The number of aryl methyl sites for hydroxylation is 1. The minimum Gasteiger partial charge on any atom is -0.497 e. The fraction of sp³-hybridized carbons (Fsp3) is 0.297. The first-order valence-electron chi connectivity index (χ1n) is 15.6. The molecule has 0 aromatic heterocycles. The SMILES string of the molecule is COc1cccc(CN(C(=O)CN(c2ccc(OC)c(Cl)c2)S(=O)(=O)c2ccc(C)cc2)[C@H](Cc2ccccc2)C(=O)NCC(C)C)c1. The number of hydrogen-bond acceptors (Lipinski definition) is 6. The quantitative estimate of drug-likeness (QED) is 0.158. The van der Waals surface area contributed by atoms with E-state index in [1.165, 1.54) is 36.3 Å². The van der Waals surface area contributed by atoms with E-state index in [1.807, 2.05) is 57.2 Å². The van der Waals surface area contributed by atoms with Gasteiger partial charge in [0.1, 0.15) is 24.1 Å². The Labute approximate surface area is 288 Å². The van der Waals surface area contributed by atoms with Crippen molar-refractivity contribution in [3.8, 4) is 11.5 Å². The van der Waals surface area contributed by atoms with Gasteiger partial charge in [-0.15, -0.1) is 0 Å². The van der Waals surface area contributed by atoms with Crippen molar-refractivity contribution >= 4 is 39.1 Å². The summed E-state index contributed by atoms with van der Waals surface area (Å²) in [7, 11) is -1.27. The maximum Gasteiger partial charge on any atom is 0.264 e. The number of nitrogens with one attached hydrogen (secondary N) is 1. The number of carbonyl (C=O) groups excluding carboxylic acids is 2. The van der Waals surface area contributed by atoms with Gasteiger partial charge in [0, 0.05) is 19.5 Å². The van der Waals surface area contributed by atoms with Crippen LogP contribution < -0.4 is 19.1 Å². The lowest BCUT2D eigenvalue weighted by Gasteiger charge is -2.34. The largest absolute Gasteiger partial charge is 0.497 e. The average Bonchev–Trinajstić information content (AvgIpc) is 3.08. The van der Waals surface area contributed by atoms with Gasteiger partial charge in [0.2, 0.25) is 11.8 Å². The topological polar surface area (TPSA) is 105 Å². The zero-order chi connectivity index (χ0) is 34.8. The zero-order valence-corrected chi connectivity index (χ0v) is 29.4. The van der Waals surface area contributed by atoms with E-state index in [-0.39, 0.29) is 40.4 Å². The molecule has 4 rings (SSSR count). The molecule has 0 saturated carbocycles. The second-order valence-electron chi connectivity index (χ2n) is 11.9. The lowest BCUT2D eigenvalue weighted by atomic mass is 10.0. The minimum atomic E-state index is -4.28. The van der Waals surface area contributed by atoms with E-state index in [2.05, 4.69) is 5.32 Å². The Kier molecular flexibility index (Phi) is 12.5. The molecular weight excluding hydrogens is 650 g/mol. The predicted octanol–water partition coefficient (Wildman–Crippen LogP) is 6.27. The summed E-state index contributed by atoms with van der Waals surface area (Å²) in [5.74, 6) is 0.179. The van der Waals surface area contributed by atoms with Crippen molar-refractivity contribution in [1.82, 2.24) is 10.2 Å². The number of amides is 2. The Morgan fingerprint density at radius 1 is 0.854 bits per heavy atom. The van der Waals surface area contributed by atoms with Crippen molar-refractivity contribution in [2.24, 2.45) is 5.92 Å². The molecule has 0 unspecified atom stereocenters. The molecule has 0 bridgehead atoms. The molecule has 2 amide bonds. The van der Waals surface area contributed by atoms with Crippen LogP contribution >= 0.6 is 11.6 Å². The molecule has 0 aliphatic heterocycles. The number of carbonyl (C=O) groups is 2. The van der Waals surface area contributed by atoms with Gasteiger partial charge in [-0.3, -0.25) is 13.9 Å². The summed E-state index contributed by atoms with van der Waals surface area (Å²) in [4.78, 5) is 30.0. The summed E-state index contributed by atoms with van der Waals surface area (Å²) in [6.45, 7) is 5.65. The molecule has 0 aliphatic rings. The second kappa shape index (κ2) is 16.5. The molecule has 1 atom stereocenters. The molecule has 0 aliphatic carbocycles. The summed E-state index contributed by atoms with van der Waals surface area (Å²) >= 11 is 6.46. The van der Waals surface area contributed by atoms with E-state index in [0.717, 1.165) is 15.4 Å². The van der Waals surface area contributed by atoms with Crippen molar-refractivity contribution < 1.29 is 27.5 Å². The molecule has 0 radical (unpaired) electrons. The van der Waals surface area contributed by atoms with Crippen LogP contribution in [0.2, 0.25) is 5.02 Å². The van der Waals surface area contributed by atoms with Gasteiger partial charge in [0.25, 0.3) is 10.0 Å². The Bertz CT molecular complexity index is 1800. The molecule has 0 heterocycles. The zero-order valence-electron chi connectivity index (χ0n) is 27.9. The van der Waals surface area contributed by atoms with Crippen LogP contribution in [0.5, 0.6) is 11.5 Å². The molecular formula is C37H42ClN3O6S. The smallest absolute Gasteiger partial charge is 0.264 e. The lowest BCUT2D eigenvalue weighted by molar-refractivity contribution is -0.140. The van der Waals surface area contributed by atoms with Crippen LogP contribution in [-0.4, -0.2) is 58.5 Å². The van der Waals surface area contributed by atoms with E-state index in [1.54, 1.807) is 43.5 Å². The number of nitrogens with zero attached hydrogens (tertiary/aromatic N) is 2. The standard InChI is InChI=1S/C37H42ClN3O6S/c1-26(2)23-39-37(43)34(21-28-10-7-6-8-11-28)40(24-29-12-9-13-31(20-29)46-4)36(42)25-41(30-16-19-35(47-5)33(38)22-30)48(44,45)32-17-14-27(3)15-18-32/h6-20,22,26,34H,21,23-25H2,1-5H3,(H,39,43)/t34-/m1/s1. The first-order chi connectivity index (χ1) is 22.9. The van der Waals surface area contributed by atoms with Gasteiger partial charge in [-0.05, 0) is 66.4 Å². The highest BCUT2D eigenvalue weighted by molar-refractivity contribution is 7.92. The Hall–Kier alpha value is -4.54. The van der Waals surface area contributed by atoms with Gasteiger partial charge in [0.05, 0.1) is 29.8 Å². The second-order valence-corrected chi connectivity index (χ2v) is 14.1. The molecule has 11 heteroatoms. The molecule has 9 nitrogen and oxygen atoms in total. The molecule has 0 saturated heterocycles. The van der Waals surface area contributed by atoms with E-state index in [0.29, 0.717) is 23.6 Å². The number of ether oxygens (including phenoxy) is 2. The van der Waals surface area contributed by atoms with Gasteiger partial charge in [0.15, 0.2) is 0 Å². The molecule has 4 aromatic rings. The van der Waals surface area contributed by atoms with E-state index >= 15 is 0 Å². The lowest BCUT2D eigenvalue weighted by Crippen LogP contribution is -2.53. The van der Waals surface area contributed by atoms with E-state index in [4.69, 9.17) is 21.1 Å². The van der Waals surface area contributed by atoms with Crippen molar-refractivity contribution in [2.45, 2.75) is 44.7 Å². The Morgan fingerprint density at radius 3 is 2.17 bits per heavy atom. The third-order valence-corrected chi connectivity index (χ3v) is 9.84. The summed E-state index contributed by atoms with van der Waals surface area (Å²) in [5.41, 5.74) is 2.60. The van der Waals surface area contributed by atoms with Crippen LogP contribution in [0.15, 0.2) is 102 Å². The van der Waals surface area contributed by atoms with Gasteiger partial charge in [-0.25, -0.2) is 8.42 Å². The minimum absolute atomic E-state index is 0.00250. The molecule has 254 valence electrons. The van der Waals surface area contributed by atoms with Crippen LogP contribution in [-0.2, 0) is 32.6 Å². The fourth-order valence-electron chi connectivity index (χ4n) is 5.12. The molecule has 0 fully saturated rings. The molecule has 48 heavy (non-hydrogen) atoms. The van der Waals surface area contributed by atoms with Crippen LogP contribution in [0.3, 0.4) is 0 Å². The van der Waals surface area contributed by atoms with Crippen molar-refractivity contribution in [2.75, 3.05) is 31.6 Å². The van der Waals surface area contributed by atoms with E-state index < -0.39 is 28.5 Å². The predicted molar refractivity (Wildman–Crippen MR) is 189 cm³/mol. The van der Waals surface area contributed by atoms with Crippen molar-refractivity contribution in [1.29, 1.82) is 0 Å². The normalized spacial score (nSPS) is 11.9. The molecule has 1 N–H and O–H groups in total. The molecule has 4 aromatic carbocycles. The number of halogens is 1. The first kappa shape index (κ1) is 36.3. The highest BCUT2D eigenvalue weighted by atomic mass is 35.5. The van der Waals surface area contributed by atoms with Crippen LogP contribution in [0.4, 0.5) is 5.69 Å². The molecule has 0 spiro atoms. The van der Waals surface area contributed by atoms with Crippen molar-refractivity contribution in [3.05, 3.63) is 119 Å². The number of methoxy groups -OCH3 is 2. The van der Waals surface area contributed by atoms with Crippen molar-refractivity contribution in [3.63, 3.8) is 0 Å².